The summed E-state index contributed by atoms with van der Waals surface area (Å²) in [7, 11) is -2.84. The van der Waals surface area contributed by atoms with Crippen molar-refractivity contribution in [1.29, 1.82) is 0 Å². The van der Waals surface area contributed by atoms with Gasteiger partial charge in [0.15, 0.2) is 0 Å². The number of alkyl halides is 1. The molecule has 2 N–H and O–H groups in total. The molecular weight excluding hydrogens is 280 g/mol. The molecule has 2 atom stereocenters. The average Bonchev–Trinajstić information content (AvgIpc) is 2.27. The highest BCUT2D eigenvalue weighted by Crippen LogP contribution is 2.33. The van der Waals surface area contributed by atoms with E-state index in [0.717, 1.165) is 20.0 Å². The number of hydrogen-bond acceptors (Lipinski definition) is 4. The summed E-state index contributed by atoms with van der Waals surface area (Å²) < 4.78 is 32.0. The number of halogens is 1. The number of hydrogen-bond donors (Lipinski definition) is 2. The molecule has 2 unspecified atom stereocenters. The molecule has 1 rings (SSSR count). The van der Waals surface area contributed by atoms with E-state index in [1.807, 2.05) is 0 Å². The molecule has 1 aliphatic carbocycles. The predicted octanol–water partition coefficient (Wildman–Crippen LogP) is 1.36. The van der Waals surface area contributed by atoms with Gasteiger partial charge in [0.25, 0.3) is 0 Å². The normalized spacial score (nSPS) is 28.7. The summed E-state index contributed by atoms with van der Waals surface area (Å²) in [5, 5.41) is 0. The fraction of sp³-hybridized carbons (Fsp3) is 0.900. The maximum absolute atomic E-state index is 11.8. The molecule has 0 aliphatic heterocycles. The SMILES string of the molecule is COC(=O)NS(=O)(=O)NC1(CCl)CCCC(C)C1. The minimum Gasteiger partial charge on any atom is -0.452 e. The number of amides is 1. The van der Waals surface area contributed by atoms with E-state index in [1.54, 1.807) is 4.72 Å². The van der Waals surface area contributed by atoms with Crippen LogP contribution in [0, 0.1) is 5.92 Å². The van der Waals surface area contributed by atoms with Gasteiger partial charge in [-0.2, -0.15) is 13.1 Å². The lowest BCUT2D eigenvalue weighted by atomic mass is 9.78. The Bertz CT molecular complexity index is 401. The van der Waals surface area contributed by atoms with Crippen molar-refractivity contribution < 1.29 is 17.9 Å². The van der Waals surface area contributed by atoms with Gasteiger partial charge in [0, 0.05) is 11.4 Å². The van der Waals surface area contributed by atoms with Crippen LogP contribution in [-0.4, -0.2) is 33.0 Å². The lowest BCUT2D eigenvalue weighted by Crippen LogP contribution is -2.56. The van der Waals surface area contributed by atoms with E-state index in [1.165, 1.54) is 0 Å². The molecule has 0 radical (unpaired) electrons. The van der Waals surface area contributed by atoms with Crippen molar-refractivity contribution in [3.63, 3.8) is 0 Å². The molecule has 1 fully saturated rings. The molecule has 0 aromatic carbocycles. The van der Waals surface area contributed by atoms with Gasteiger partial charge in [-0.1, -0.05) is 19.8 Å². The van der Waals surface area contributed by atoms with Crippen molar-refractivity contribution in [2.45, 2.75) is 38.1 Å². The van der Waals surface area contributed by atoms with Gasteiger partial charge in [0.2, 0.25) is 0 Å². The van der Waals surface area contributed by atoms with Crippen molar-refractivity contribution in [1.82, 2.24) is 9.44 Å². The minimum absolute atomic E-state index is 0.180. The van der Waals surface area contributed by atoms with Crippen LogP contribution in [-0.2, 0) is 14.9 Å². The Kier molecular flexibility index (Phi) is 5.24. The summed E-state index contributed by atoms with van der Waals surface area (Å²) in [5.74, 6) is 0.581. The quantitative estimate of drug-likeness (QED) is 0.768. The summed E-state index contributed by atoms with van der Waals surface area (Å²) in [4.78, 5) is 10.9. The molecule has 1 saturated carbocycles. The largest absolute Gasteiger partial charge is 0.452 e. The van der Waals surface area contributed by atoms with Crippen molar-refractivity contribution in [2.24, 2.45) is 5.92 Å². The van der Waals surface area contributed by atoms with Crippen LogP contribution in [0.15, 0.2) is 0 Å². The Balaban J connectivity index is 2.75. The fourth-order valence-corrected chi connectivity index (χ4v) is 3.93. The van der Waals surface area contributed by atoms with Crippen LogP contribution in [0.1, 0.15) is 32.6 Å². The van der Waals surface area contributed by atoms with Crippen LogP contribution >= 0.6 is 11.6 Å². The highest BCUT2D eigenvalue weighted by molar-refractivity contribution is 7.88. The number of methoxy groups -OCH3 is 1. The number of carbonyl (C=O) groups excluding carboxylic acids is 1. The molecular formula is C10H19ClN2O4S. The van der Waals surface area contributed by atoms with E-state index >= 15 is 0 Å². The molecule has 1 amide bonds. The number of carbonyl (C=O) groups is 1. The van der Waals surface area contributed by atoms with Crippen LogP contribution in [0.3, 0.4) is 0 Å². The van der Waals surface area contributed by atoms with Crippen molar-refractivity contribution in [3.05, 3.63) is 0 Å². The van der Waals surface area contributed by atoms with Gasteiger partial charge in [-0.05, 0) is 18.8 Å². The van der Waals surface area contributed by atoms with Crippen molar-refractivity contribution in [2.75, 3.05) is 13.0 Å². The highest BCUT2D eigenvalue weighted by atomic mass is 35.5. The van der Waals surface area contributed by atoms with E-state index in [0.29, 0.717) is 18.8 Å². The minimum atomic E-state index is -3.95. The van der Waals surface area contributed by atoms with Crippen LogP contribution in [0.5, 0.6) is 0 Å². The first-order valence-electron chi connectivity index (χ1n) is 5.78. The number of rotatable bonds is 4. The molecule has 8 heteroatoms. The van der Waals surface area contributed by atoms with Gasteiger partial charge in [0.1, 0.15) is 0 Å². The molecule has 0 spiro atoms. The standard InChI is InChI=1S/C10H19ClN2O4S/c1-8-4-3-5-10(6-8,7-11)13-18(15,16)12-9(14)17-2/h8,13H,3-7H2,1-2H3,(H,12,14). The monoisotopic (exact) mass is 298 g/mol. The van der Waals surface area contributed by atoms with Gasteiger partial charge in [-0.25, -0.2) is 9.52 Å². The first kappa shape index (κ1) is 15.5. The second kappa shape index (κ2) is 6.08. The zero-order valence-corrected chi connectivity index (χ0v) is 12.1. The predicted molar refractivity (Wildman–Crippen MR) is 68.7 cm³/mol. The van der Waals surface area contributed by atoms with E-state index in [-0.39, 0.29) is 5.88 Å². The maximum Gasteiger partial charge on any atom is 0.421 e. The van der Waals surface area contributed by atoms with Crippen LogP contribution in [0.25, 0.3) is 0 Å². The smallest absolute Gasteiger partial charge is 0.421 e. The fourth-order valence-electron chi connectivity index (χ4n) is 2.36. The molecule has 0 aromatic rings. The van der Waals surface area contributed by atoms with E-state index in [4.69, 9.17) is 11.6 Å². The molecule has 18 heavy (non-hydrogen) atoms. The van der Waals surface area contributed by atoms with E-state index in [9.17, 15) is 13.2 Å². The van der Waals surface area contributed by atoms with Crippen molar-refractivity contribution >= 4 is 27.9 Å². The van der Waals surface area contributed by atoms with Gasteiger partial charge in [-0.3, -0.25) is 0 Å². The molecule has 0 aromatic heterocycles. The van der Waals surface area contributed by atoms with Crippen LogP contribution in [0.2, 0.25) is 0 Å². The highest BCUT2D eigenvalue weighted by Gasteiger charge is 2.38. The summed E-state index contributed by atoms with van der Waals surface area (Å²) >= 11 is 5.91. The third-order valence-electron chi connectivity index (χ3n) is 3.10. The molecule has 0 saturated heterocycles. The zero-order chi connectivity index (χ0) is 13.8. The van der Waals surface area contributed by atoms with Crippen LogP contribution in [0.4, 0.5) is 4.79 Å². The Hall–Kier alpha value is -0.530. The second-order valence-corrected chi connectivity index (χ2v) is 6.50. The zero-order valence-electron chi connectivity index (χ0n) is 10.5. The summed E-state index contributed by atoms with van der Waals surface area (Å²) in [6.45, 7) is 2.06. The van der Waals surface area contributed by atoms with Crippen LogP contribution < -0.4 is 9.44 Å². The topological polar surface area (TPSA) is 84.5 Å². The van der Waals surface area contributed by atoms with Gasteiger partial charge < -0.3 is 4.74 Å². The van der Waals surface area contributed by atoms with Gasteiger partial charge in [0.05, 0.1) is 7.11 Å². The Labute approximate surface area is 113 Å². The molecule has 0 heterocycles. The molecule has 106 valence electrons. The summed E-state index contributed by atoms with van der Waals surface area (Å²) in [6, 6.07) is 0. The van der Waals surface area contributed by atoms with Gasteiger partial charge in [-0.15, -0.1) is 11.6 Å². The molecule has 6 nitrogen and oxygen atoms in total. The Morgan fingerprint density at radius 3 is 2.72 bits per heavy atom. The number of ether oxygens (including phenoxy) is 1. The summed E-state index contributed by atoms with van der Waals surface area (Å²) in [5.41, 5.74) is -0.681. The lowest BCUT2D eigenvalue weighted by molar-refractivity contribution is 0.177. The molecule has 0 bridgehead atoms. The lowest BCUT2D eigenvalue weighted by Gasteiger charge is -2.38. The van der Waals surface area contributed by atoms with Gasteiger partial charge >= 0.3 is 16.3 Å². The first-order valence-corrected chi connectivity index (χ1v) is 7.80. The Morgan fingerprint density at radius 2 is 2.22 bits per heavy atom. The second-order valence-electron chi connectivity index (χ2n) is 4.81. The molecule has 1 aliphatic rings. The average molecular weight is 299 g/mol. The summed E-state index contributed by atoms with van der Waals surface area (Å²) in [6.07, 6.45) is 2.29. The number of nitrogens with one attached hydrogen (secondary N) is 2. The van der Waals surface area contributed by atoms with E-state index in [2.05, 4.69) is 16.4 Å². The third-order valence-corrected chi connectivity index (χ3v) is 4.75. The maximum atomic E-state index is 11.8. The third kappa shape index (κ3) is 4.29. The van der Waals surface area contributed by atoms with E-state index < -0.39 is 21.8 Å². The van der Waals surface area contributed by atoms with Crippen molar-refractivity contribution in [3.8, 4) is 0 Å². The Morgan fingerprint density at radius 1 is 1.56 bits per heavy atom. The first-order chi connectivity index (χ1) is 8.32.